The molecule has 19 heavy (non-hydrogen) atoms. The molecule has 0 saturated heterocycles. The number of anilines is 1. The lowest BCUT2D eigenvalue weighted by molar-refractivity contribution is 0.775. The molecule has 1 unspecified atom stereocenters. The average molecular weight is 255 g/mol. The lowest BCUT2D eigenvalue weighted by atomic mass is 10.0. The first-order chi connectivity index (χ1) is 9.06. The highest BCUT2D eigenvalue weighted by atomic mass is 15.0. The maximum atomic E-state index is 4.50. The van der Waals surface area contributed by atoms with E-state index >= 15 is 0 Å². The largest absolute Gasteiger partial charge is 0.366 e. The summed E-state index contributed by atoms with van der Waals surface area (Å²) in [5.74, 6) is 0.890. The first-order valence-electron chi connectivity index (χ1n) is 6.67. The summed E-state index contributed by atoms with van der Waals surface area (Å²) in [5.41, 5.74) is 4.60. The number of rotatable bonds is 4. The van der Waals surface area contributed by atoms with Gasteiger partial charge in [0.1, 0.15) is 5.82 Å². The summed E-state index contributed by atoms with van der Waals surface area (Å²) < 4.78 is 0. The summed E-state index contributed by atoms with van der Waals surface area (Å²) in [4.78, 5) is 8.83. The van der Waals surface area contributed by atoms with Crippen LogP contribution in [0.5, 0.6) is 0 Å². The quantitative estimate of drug-likeness (QED) is 0.909. The molecule has 1 atom stereocenters. The maximum absolute atomic E-state index is 4.50. The van der Waals surface area contributed by atoms with Gasteiger partial charge < -0.3 is 5.32 Å². The second-order valence-electron chi connectivity index (χ2n) is 5.12. The molecule has 2 rings (SSSR count). The molecule has 0 bridgehead atoms. The minimum absolute atomic E-state index is 0.330. The fourth-order valence-electron chi connectivity index (χ4n) is 2.13. The van der Waals surface area contributed by atoms with Crippen LogP contribution in [0, 0.1) is 20.8 Å². The van der Waals surface area contributed by atoms with E-state index in [0.717, 1.165) is 23.6 Å². The molecular formula is C16H21N3. The number of benzene rings is 1. The molecule has 3 heteroatoms. The Kier molecular flexibility index (Phi) is 4.15. The van der Waals surface area contributed by atoms with Gasteiger partial charge in [-0.3, -0.25) is 4.98 Å². The van der Waals surface area contributed by atoms with Crippen LogP contribution >= 0.6 is 0 Å². The third-order valence-electron chi connectivity index (χ3n) is 3.25. The highest BCUT2D eigenvalue weighted by Gasteiger charge is 2.08. The summed E-state index contributed by atoms with van der Waals surface area (Å²) in [7, 11) is 0. The average Bonchev–Trinajstić information content (AvgIpc) is 2.37. The van der Waals surface area contributed by atoms with E-state index in [4.69, 9.17) is 0 Å². The molecule has 1 aromatic carbocycles. The van der Waals surface area contributed by atoms with Crippen LogP contribution in [0.15, 0.2) is 30.5 Å². The lowest BCUT2D eigenvalue weighted by Crippen LogP contribution is -2.20. The van der Waals surface area contributed by atoms with Gasteiger partial charge in [0.15, 0.2) is 0 Å². The fraction of sp³-hybridized carbons (Fsp3) is 0.375. The van der Waals surface area contributed by atoms with Crippen LogP contribution < -0.4 is 5.32 Å². The predicted molar refractivity (Wildman–Crippen MR) is 79.5 cm³/mol. The van der Waals surface area contributed by atoms with E-state index in [2.05, 4.69) is 53.4 Å². The maximum Gasteiger partial charge on any atom is 0.147 e. The van der Waals surface area contributed by atoms with E-state index in [9.17, 15) is 0 Å². The molecule has 100 valence electrons. The SMILES string of the molecule is Cc1cnc(C)c(NC(C)Cc2ccccc2C)n1. The van der Waals surface area contributed by atoms with E-state index in [1.54, 1.807) is 6.20 Å². The van der Waals surface area contributed by atoms with Crippen molar-refractivity contribution >= 4 is 5.82 Å². The second kappa shape index (κ2) is 5.83. The molecule has 0 radical (unpaired) electrons. The van der Waals surface area contributed by atoms with Crippen LogP contribution in [0.25, 0.3) is 0 Å². The number of nitrogens with zero attached hydrogens (tertiary/aromatic N) is 2. The molecule has 2 aromatic rings. The topological polar surface area (TPSA) is 37.8 Å². The first-order valence-corrected chi connectivity index (χ1v) is 6.67. The molecule has 0 saturated carbocycles. The van der Waals surface area contributed by atoms with Gasteiger partial charge in [0.05, 0.1) is 11.4 Å². The van der Waals surface area contributed by atoms with Gasteiger partial charge in [-0.25, -0.2) is 4.98 Å². The summed E-state index contributed by atoms with van der Waals surface area (Å²) >= 11 is 0. The van der Waals surface area contributed by atoms with Crippen LogP contribution in [0.2, 0.25) is 0 Å². The van der Waals surface area contributed by atoms with Gasteiger partial charge in [-0.05, 0) is 45.2 Å². The minimum atomic E-state index is 0.330. The normalized spacial score (nSPS) is 12.2. The van der Waals surface area contributed by atoms with Crippen molar-refractivity contribution in [2.24, 2.45) is 0 Å². The third kappa shape index (κ3) is 3.53. The Bertz CT molecular complexity index is 564. The van der Waals surface area contributed by atoms with Crippen LogP contribution in [0.3, 0.4) is 0 Å². The summed E-state index contributed by atoms with van der Waals surface area (Å²) in [6, 6.07) is 8.83. The summed E-state index contributed by atoms with van der Waals surface area (Å²) in [6.07, 6.45) is 2.79. The highest BCUT2D eigenvalue weighted by molar-refractivity contribution is 5.41. The smallest absolute Gasteiger partial charge is 0.147 e. The zero-order valence-electron chi connectivity index (χ0n) is 12.1. The Hall–Kier alpha value is -1.90. The highest BCUT2D eigenvalue weighted by Crippen LogP contribution is 2.14. The van der Waals surface area contributed by atoms with E-state index in [0.29, 0.717) is 6.04 Å². The van der Waals surface area contributed by atoms with Crippen LogP contribution in [0.1, 0.15) is 29.4 Å². The van der Waals surface area contributed by atoms with Gasteiger partial charge in [-0.15, -0.1) is 0 Å². The van der Waals surface area contributed by atoms with Gasteiger partial charge in [0.2, 0.25) is 0 Å². The van der Waals surface area contributed by atoms with Gasteiger partial charge in [-0.1, -0.05) is 24.3 Å². The van der Waals surface area contributed by atoms with Crippen molar-refractivity contribution in [1.29, 1.82) is 0 Å². The van der Waals surface area contributed by atoms with E-state index < -0.39 is 0 Å². The van der Waals surface area contributed by atoms with E-state index in [1.807, 2.05) is 13.8 Å². The second-order valence-corrected chi connectivity index (χ2v) is 5.12. The Morgan fingerprint density at radius 2 is 1.89 bits per heavy atom. The molecule has 0 aliphatic heterocycles. The molecule has 0 fully saturated rings. The van der Waals surface area contributed by atoms with Crippen LogP contribution in [-0.2, 0) is 6.42 Å². The number of aryl methyl sites for hydroxylation is 3. The van der Waals surface area contributed by atoms with Crippen molar-refractivity contribution < 1.29 is 0 Å². The zero-order chi connectivity index (χ0) is 13.8. The number of hydrogen-bond acceptors (Lipinski definition) is 3. The number of hydrogen-bond donors (Lipinski definition) is 1. The standard InChI is InChI=1S/C16H21N3/c1-11-7-5-6-8-15(11)9-12(2)18-16-14(4)17-10-13(3)19-16/h5-8,10,12H,9H2,1-4H3,(H,18,19). The van der Waals surface area contributed by atoms with E-state index in [-0.39, 0.29) is 0 Å². The third-order valence-corrected chi connectivity index (χ3v) is 3.25. The zero-order valence-corrected chi connectivity index (χ0v) is 12.1. The predicted octanol–water partition coefficient (Wildman–Crippen LogP) is 3.44. The van der Waals surface area contributed by atoms with Gasteiger partial charge in [0, 0.05) is 12.2 Å². The monoisotopic (exact) mass is 255 g/mol. The summed E-state index contributed by atoms with van der Waals surface area (Å²) in [5, 5.41) is 3.45. The number of nitrogens with one attached hydrogen (secondary N) is 1. The van der Waals surface area contributed by atoms with Crippen LogP contribution in [-0.4, -0.2) is 16.0 Å². The lowest BCUT2D eigenvalue weighted by Gasteiger charge is -2.17. The molecule has 0 amide bonds. The first kappa shape index (κ1) is 13.5. The molecule has 1 heterocycles. The van der Waals surface area contributed by atoms with Crippen LogP contribution in [0.4, 0.5) is 5.82 Å². The molecule has 0 spiro atoms. The molecule has 0 aliphatic carbocycles. The van der Waals surface area contributed by atoms with Gasteiger partial charge in [-0.2, -0.15) is 0 Å². The van der Waals surface area contributed by atoms with Crippen molar-refractivity contribution in [3.63, 3.8) is 0 Å². The molecule has 0 aliphatic rings. The van der Waals surface area contributed by atoms with Gasteiger partial charge >= 0.3 is 0 Å². The Morgan fingerprint density at radius 1 is 1.16 bits per heavy atom. The van der Waals surface area contributed by atoms with Gasteiger partial charge in [0.25, 0.3) is 0 Å². The molecule has 1 N–H and O–H groups in total. The fourth-order valence-corrected chi connectivity index (χ4v) is 2.13. The Balaban J connectivity index is 2.07. The number of aromatic nitrogens is 2. The van der Waals surface area contributed by atoms with Crippen molar-refractivity contribution in [3.8, 4) is 0 Å². The molecule has 3 nitrogen and oxygen atoms in total. The minimum Gasteiger partial charge on any atom is -0.366 e. The molecule has 1 aromatic heterocycles. The van der Waals surface area contributed by atoms with Crippen molar-refractivity contribution in [2.45, 2.75) is 40.2 Å². The Labute approximate surface area is 115 Å². The van der Waals surface area contributed by atoms with E-state index in [1.165, 1.54) is 11.1 Å². The van der Waals surface area contributed by atoms with Crippen molar-refractivity contribution in [2.75, 3.05) is 5.32 Å². The van der Waals surface area contributed by atoms with Crippen molar-refractivity contribution in [1.82, 2.24) is 9.97 Å². The van der Waals surface area contributed by atoms with Crippen molar-refractivity contribution in [3.05, 3.63) is 53.0 Å². The summed E-state index contributed by atoms with van der Waals surface area (Å²) in [6.45, 7) is 8.27. The Morgan fingerprint density at radius 3 is 2.63 bits per heavy atom. The molecular weight excluding hydrogens is 234 g/mol.